The average molecular weight is 610 g/mol. The van der Waals surface area contributed by atoms with Crippen molar-refractivity contribution in [2.75, 3.05) is 79.9 Å². The summed E-state index contributed by atoms with van der Waals surface area (Å²) in [6.45, 7) is 2.96. The number of carbonyl (C=O) groups is 1. The van der Waals surface area contributed by atoms with E-state index in [9.17, 15) is 13.2 Å². The summed E-state index contributed by atoms with van der Waals surface area (Å²) in [5, 5.41) is 8.83. The zero-order chi connectivity index (χ0) is 30.4. The molecule has 0 radical (unpaired) electrons. The molecule has 12 nitrogen and oxygen atoms in total. The lowest BCUT2D eigenvalue weighted by Crippen LogP contribution is -2.46. The van der Waals surface area contributed by atoms with Crippen LogP contribution in [-0.4, -0.2) is 100 Å². The van der Waals surface area contributed by atoms with Gasteiger partial charge < -0.3 is 35.2 Å². The van der Waals surface area contributed by atoms with E-state index in [2.05, 4.69) is 25.8 Å². The van der Waals surface area contributed by atoms with Crippen molar-refractivity contribution in [2.24, 2.45) is 0 Å². The molecule has 2 unspecified atom stereocenters. The summed E-state index contributed by atoms with van der Waals surface area (Å²) in [4.78, 5) is 26.5. The molecule has 2 amide bonds. The topological polar surface area (TPSA) is 138 Å². The predicted octanol–water partition coefficient (Wildman–Crippen LogP) is 3.55. The van der Waals surface area contributed by atoms with Crippen molar-refractivity contribution in [3.63, 3.8) is 0 Å². The second-order valence-electron chi connectivity index (χ2n) is 11.2. The highest BCUT2D eigenvalue weighted by Crippen LogP contribution is 2.35. The van der Waals surface area contributed by atoms with Gasteiger partial charge in [-0.3, -0.25) is 0 Å². The van der Waals surface area contributed by atoms with E-state index >= 15 is 0 Å². The van der Waals surface area contributed by atoms with E-state index < -0.39 is 9.84 Å². The number of nitrogens with one attached hydrogen (secondary N) is 3. The number of ether oxygens (including phenoxy) is 2. The third-order valence-corrected chi connectivity index (χ3v) is 8.26. The first-order valence-electron chi connectivity index (χ1n) is 14.4. The second-order valence-corrected chi connectivity index (χ2v) is 13.4. The van der Waals surface area contributed by atoms with E-state index in [4.69, 9.17) is 14.5 Å². The fourth-order valence-corrected chi connectivity index (χ4v) is 5.60. The van der Waals surface area contributed by atoms with E-state index in [1.54, 1.807) is 24.3 Å². The van der Waals surface area contributed by atoms with Crippen LogP contribution in [0.1, 0.15) is 12.8 Å². The fourth-order valence-electron chi connectivity index (χ4n) is 5.13. The highest BCUT2D eigenvalue weighted by molar-refractivity contribution is 7.90. The highest BCUT2D eigenvalue weighted by Gasteiger charge is 2.38. The maximum absolute atomic E-state index is 12.6. The molecule has 3 aromatic rings. The molecule has 0 spiro atoms. The van der Waals surface area contributed by atoms with Crippen LogP contribution in [0.4, 0.5) is 27.8 Å². The van der Waals surface area contributed by atoms with E-state index in [1.165, 1.54) is 6.26 Å². The number of amides is 2. The van der Waals surface area contributed by atoms with Crippen LogP contribution >= 0.6 is 0 Å². The van der Waals surface area contributed by atoms with E-state index in [1.807, 2.05) is 49.3 Å². The molecule has 2 aromatic carbocycles. The standard InChI is InChI=1S/C30H39N7O5S/c1-36(2)15-16-42-26-12-8-23(9-13-26)33-30(38)32-22-6-4-21(5-7-22)29-34-27(31-14-17-43(3,39)40)18-28(35-29)37-24-10-11-25(37)20-41-19-24/h4-9,12-13,18,24-25H,10-11,14-17,19-20H2,1-3H3,(H,31,34,35)(H2,32,33,38). The highest BCUT2D eigenvalue weighted by atomic mass is 32.2. The summed E-state index contributed by atoms with van der Waals surface area (Å²) in [5.41, 5.74) is 2.02. The van der Waals surface area contributed by atoms with Gasteiger partial charge in [0, 0.05) is 42.3 Å². The molecule has 2 aliphatic heterocycles. The summed E-state index contributed by atoms with van der Waals surface area (Å²) >= 11 is 0. The normalized spacial score (nSPS) is 18.0. The Morgan fingerprint density at radius 3 is 2.23 bits per heavy atom. The lowest BCUT2D eigenvalue weighted by Gasteiger charge is -2.35. The average Bonchev–Trinajstić information content (AvgIpc) is 3.21. The largest absolute Gasteiger partial charge is 0.492 e. The van der Waals surface area contributed by atoms with Crippen LogP contribution in [0.5, 0.6) is 5.75 Å². The molecule has 0 saturated carbocycles. The third-order valence-electron chi connectivity index (χ3n) is 7.32. The van der Waals surface area contributed by atoms with Crippen molar-refractivity contribution in [1.29, 1.82) is 0 Å². The smallest absolute Gasteiger partial charge is 0.323 e. The van der Waals surface area contributed by atoms with Crippen LogP contribution in [0, 0.1) is 0 Å². The number of anilines is 4. The number of hydrogen-bond donors (Lipinski definition) is 3. The summed E-state index contributed by atoms with van der Waals surface area (Å²) in [5.74, 6) is 2.60. The lowest BCUT2D eigenvalue weighted by atomic mass is 10.2. The van der Waals surface area contributed by atoms with Crippen molar-refractivity contribution >= 4 is 38.9 Å². The fraction of sp³-hybridized carbons (Fsp3) is 0.433. The number of sulfone groups is 1. The van der Waals surface area contributed by atoms with Gasteiger partial charge in [-0.05, 0) is 75.5 Å². The van der Waals surface area contributed by atoms with E-state index in [-0.39, 0.29) is 30.4 Å². The second kappa shape index (κ2) is 13.6. The SMILES string of the molecule is CN(C)CCOc1ccc(NC(=O)Nc2ccc(-c3nc(NCCS(C)(=O)=O)cc(N4C5CCC4COC5)n3)cc2)cc1. The quantitative estimate of drug-likeness (QED) is 0.280. The molecule has 2 aliphatic rings. The molecule has 0 aliphatic carbocycles. The van der Waals surface area contributed by atoms with Crippen LogP contribution in [0.15, 0.2) is 54.6 Å². The molecule has 230 valence electrons. The molecule has 2 bridgehead atoms. The number of benzene rings is 2. The first kappa shape index (κ1) is 30.5. The van der Waals surface area contributed by atoms with Crippen LogP contribution in [0.2, 0.25) is 0 Å². The van der Waals surface area contributed by atoms with Gasteiger partial charge in [0.05, 0.1) is 31.1 Å². The number of hydrogen-bond acceptors (Lipinski definition) is 10. The van der Waals surface area contributed by atoms with Gasteiger partial charge in [-0.1, -0.05) is 0 Å². The predicted molar refractivity (Wildman–Crippen MR) is 169 cm³/mol. The summed E-state index contributed by atoms with van der Waals surface area (Å²) in [7, 11) is 0.862. The van der Waals surface area contributed by atoms with Gasteiger partial charge >= 0.3 is 6.03 Å². The van der Waals surface area contributed by atoms with Crippen molar-refractivity contribution in [2.45, 2.75) is 24.9 Å². The van der Waals surface area contributed by atoms with Gasteiger partial charge in [0.15, 0.2) is 5.82 Å². The number of fused-ring (bicyclic) bond motifs is 2. The first-order valence-corrected chi connectivity index (χ1v) is 16.4. The number of likely N-dealkylation sites (N-methyl/N-ethyl adjacent to an activating group) is 1. The Labute approximate surface area is 252 Å². The number of urea groups is 1. The van der Waals surface area contributed by atoms with Crippen molar-refractivity contribution in [3.8, 4) is 17.1 Å². The van der Waals surface area contributed by atoms with Crippen molar-refractivity contribution in [3.05, 3.63) is 54.6 Å². The van der Waals surface area contributed by atoms with Gasteiger partial charge in [0.25, 0.3) is 0 Å². The Kier molecular flexibility index (Phi) is 9.63. The molecular formula is C30H39N7O5S. The zero-order valence-corrected chi connectivity index (χ0v) is 25.6. The van der Waals surface area contributed by atoms with Crippen molar-refractivity contribution < 1.29 is 22.7 Å². The first-order chi connectivity index (χ1) is 20.6. The van der Waals surface area contributed by atoms with Gasteiger partial charge in [0.1, 0.15) is 33.8 Å². The Morgan fingerprint density at radius 2 is 1.63 bits per heavy atom. The van der Waals surface area contributed by atoms with Crippen LogP contribution < -0.4 is 25.6 Å². The third kappa shape index (κ3) is 8.55. The number of morpholine rings is 1. The van der Waals surface area contributed by atoms with Gasteiger partial charge in [-0.2, -0.15) is 0 Å². The number of rotatable bonds is 12. The monoisotopic (exact) mass is 609 g/mol. The van der Waals surface area contributed by atoms with Crippen LogP contribution in [0.25, 0.3) is 11.4 Å². The molecule has 5 rings (SSSR count). The molecule has 2 saturated heterocycles. The van der Waals surface area contributed by atoms with Crippen LogP contribution in [-0.2, 0) is 14.6 Å². The Hall–Kier alpha value is -3.94. The molecular weight excluding hydrogens is 570 g/mol. The Balaban J connectivity index is 1.25. The maximum atomic E-state index is 12.6. The molecule has 1 aromatic heterocycles. The molecule has 13 heteroatoms. The van der Waals surface area contributed by atoms with Gasteiger partial charge in [0.2, 0.25) is 0 Å². The number of nitrogens with zero attached hydrogens (tertiary/aromatic N) is 4. The van der Waals surface area contributed by atoms with Crippen LogP contribution in [0.3, 0.4) is 0 Å². The van der Waals surface area contributed by atoms with Crippen molar-refractivity contribution in [1.82, 2.24) is 14.9 Å². The maximum Gasteiger partial charge on any atom is 0.323 e. The zero-order valence-electron chi connectivity index (χ0n) is 24.7. The minimum atomic E-state index is -3.12. The summed E-state index contributed by atoms with van der Waals surface area (Å²) < 4.78 is 34.8. The van der Waals surface area contributed by atoms with E-state index in [0.717, 1.165) is 36.5 Å². The lowest BCUT2D eigenvalue weighted by molar-refractivity contribution is 0.0902. The van der Waals surface area contributed by atoms with Gasteiger partial charge in [-0.25, -0.2) is 23.2 Å². The molecule has 2 fully saturated rings. The summed E-state index contributed by atoms with van der Waals surface area (Å²) in [6.07, 6.45) is 3.29. The Bertz CT molecular complexity index is 1480. The van der Waals surface area contributed by atoms with Gasteiger partial charge in [-0.15, -0.1) is 0 Å². The number of aromatic nitrogens is 2. The van der Waals surface area contributed by atoms with E-state index in [0.29, 0.717) is 42.8 Å². The minimum absolute atomic E-state index is 0.00159. The molecule has 2 atom stereocenters. The Morgan fingerprint density at radius 1 is 1.00 bits per heavy atom. The summed E-state index contributed by atoms with van der Waals surface area (Å²) in [6, 6.07) is 16.5. The minimum Gasteiger partial charge on any atom is -0.492 e. The molecule has 3 N–H and O–H groups in total. The molecule has 43 heavy (non-hydrogen) atoms. The number of carbonyl (C=O) groups excluding carboxylic acids is 1. The molecule has 3 heterocycles.